The molecule has 3 aliphatic rings. The lowest BCUT2D eigenvalue weighted by molar-refractivity contribution is -0.135. The maximum Gasteiger partial charge on any atom is 0.222 e. The Morgan fingerprint density at radius 3 is 2.68 bits per heavy atom. The lowest BCUT2D eigenvalue weighted by atomic mass is 9.88. The zero-order valence-corrected chi connectivity index (χ0v) is 18.1. The average molecular weight is 405 g/mol. The van der Waals surface area contributed by atoms with Gasteiger partial charge in [-0.1, -0.05) is 19.3 Å². The summed E-state index contributed by atoms with van der Waals surface area (Å²) in [6.07, 6.45) is 11.4. The minimum atomic E-state index is 0.329. The summed E-state index contributed by atoms with van der Waals surface area (Å²) in [6, 6.07) is 4.78. The van der Waals surface area contributed by atoms with E-state index >= 15 is 0 Å². The Hall–Kier alpha value is -0.910. The van der Waals surface area contributed by atoms with Crippen LogP contribution in [-0.4, -0.2) is 55.1 Å². The Morgan fingerprint density at radius 1 is 1.04 bits per heavy atom. The second-order valence-electron chi connectivity index (χ2n) is 8.91. The Bertz CT molecular complexity index is 620. The fourth-order valence-corrected chi connectivity index (χ4v) is 6.36. The molecule has 1 aliphatic carbocycles. The molecule has 3 fully saturated rings. The number of likely N-dealkylation sites (tertiary alicyclic amines) is 1. The van der Waals surface area contributed by atoms with Gasteiger partial charge in [-0.25, -0.2) is 0 Å². The first-order chi connectivity index (χ1) is 13.8. The minimum Gasteiger partial charge on any atom is -0.378 e. The van der Waals surface area contributed by atoms with E-state index in [1.54, 1.807) is 4.88 Å². The van der Waals surface area contributed by atoms with Gasteiger partial charge in [0.05, 0.1) is 13.2 Å². The van der Waals surface area contributed by atoms with E-state index in [1.807, 2.05) is 4.90 Å². The van der Waals surface area contributed by atoms with Crippen LogP contribution in [0.2, 0.25) is 0 Å². The van der Waals surface area contributed by atoms with E-state index in [2.05, 4.69) is 28.4 Å². The van der Waals surface area contributed by atoms with Crippen molar-refractivity contribution in [2.24, 2.45) is 5.92 Å². The average Bonchev–Trinajstić information content (AvgIpc) is 3.22. The van der Waals surface area contributed by atoms with Crippen LogP contribution in [0.3, 0.4) is 0 Å². The van der Waals surface area contributed by atoms with Crippen molar-refractivity contribution < 1.29 is 9.53 Å². The van der Waals surface area contributed by atoms with Gasteiger partial charge in [-0.05, 0) is 62.6 Å². The molecule has 1 amide bonds. The first-order valence-corrected chi connectivity index (χ1v) is 12.3. The lowest BCUT2D eigenvalue weighted by Crippen LogP contribution is -2.41. The van der Waals surface area contributed by atoms with Crippen molar-refractivity contribution in [3.63, 3.8) is 0 Å². The van der Waals surface area contributed by atoms with Crippen LogP contribution in [0.15, 0.2) is 12.1 Å². The molecule has 0 N–H and O–H groups in total. The molecule has 156 valence electrons. The number of piperidine rings is 1. The van der Waals surface area contributed by atoms with Crippen LogP contribution in [0, 0.1) is 5.92 Å². The van der Waals surface area contributed by atoms with E-state index in [0.717, 1.165) is 38.5 Å². The molecule has 1 saturated carbocycles. The van der Waals surface area contributed by atoms with Gasteiger partial charge in [0.2, 0.25) is 5.91 Å². The number of ether oxygens (including phenoxy) is 1. The Labute approximate surface area is 174 Å². The second-order valence-corrected chi connectivity index (χ2v) is 10.1. The predicted molar refractivity (Wildman–Crippen MR) is 115 cm³/mol. The van der Waals surface area contributed by atoms with Crippen molar-refractivity contribution in [1.82, 2.24) is 9.80 Å². The maximum atomic E-state index is 12.4. The molecule has 2 saturated heterocycles. The highest BCUT2D eigenvalue weighted by Gasteiger charge is 2.24. The Balaban J connectivity index is 1.22. The van der Waals surface area contributed by atoms with Crippen LogP contribution in [-0.2, 0) is 16.1 Å². The SMILES string of the molecule is O=C(CCC1CCCN(Cc2ccc(C3CCCCC3)s2)C1)N1CCOCC1. The quantitative estimate of drug-likeness (QED) is 0.692. The van der Waals surface area contributed by atoms with Gasteiger partial charge in [-0.2, -0.15) is 0 Å². The highest BCUT2D eigenvalue weighted by molar-refractivity contribution is 7.12. The molecular weight excluding hydrogens is 368 g/mol. The zero-order chi connectivity index (χ0) is 19.2. The first-order valence-electron chi connectivity index (χ1n) is 11.4. The first kappa shape index (κ1) is 20.4. The summed E-state index contributed by atoms with van der Waals surface area (Å²) in [6.45, 7) is 6.43. The third-order valence-corrected chi connectivity index (χ3v) is 8.04. The predicted octanol–water partition coefficient (Wildman–Crippen LogP) is 4.65. The van der Waals surface area contributed by atoms with Crippen LogP contribution < -0.4 is 0 Å². The molecular formula is C23H36N2O2S. The van der Waals surface area contributed by atoms with Crippen LogP contribution in [0.4, 0.5) is 0 Å². The van der Waals surface area contributed by atoms with Gasteiger partial charge in [0.1, 0.15) is 0 Å². The number of nitrogens with zero attached hydrogens (tertiary/aromatic N) is 2. The highest BCUT2D eigenvalue weighted by atomic mass is 32.1. The molecule has 0 radical (unpaired) electrons. The number of amides is 1. The normalized spacial score (nSPS) is 25.1. The molecule has 2 aliphatic heterocycles. The Kier molecular flexibility index (Phi) is 7.43. The van der Waals surface area contributed by atoms with Gasteiger partial charge < -0.3 is 9.64 Å². The van der Waals surface area contributed by atoms with Crippen LogP contribution >= 0.6 is 11.3 Å². The molecule has 1 atom stereocenters. The van der Waals surface area contributed by atoms with Gasteiger partial charge in [0.25, 0.3) is 0 Å². The smallest absolute Gasteiger partial charge is 0.222 e. The number of carbonyl (C=O) groups excluding carboxylic acids is 1. The summed E-state index contributed by atoms with van der Waals surface area (Å²) >= 11 is 2.06. The standard InChI is InChI=1S/C23H36N2O2S/c26-23(25-13-15-27-16-14-25)11-8-19-5-4-12-24(17-19)18-21-9-10-22(28-21)20-6-2-1-3-7-20/h9-10,19-20H,1-8,11-18H2. The number of rotatable bonds is 6. The number of carbonyl (C=O) groups is 1. The van der Waals surface area contributed by atoms with E-state index < -0.39 is 0 Å². The lowest BCUT2D eigenvalue weighted by Gasteiger charge is -2.33. The van der Waals surface area contributed by atoms with Crippen LogP contribution in [0.5, 0.6) is 0 Å². The third-order valence-electron chi connectivity index (χ3n) is 6.80. The molecule has 5 heteroatoms. The summed E-state index contributed by atoms with van der Waals surface area (Å²) in [4.78, 5) is 20.2. The van der Waals surface area contributed by atoms with Crippen LogP contribution in [0.1, 0.15) is 73.5 Å². The number of hydrogen-bond donors (Lipinski definition) is 0. The highest BCUT2D eigenvalue weighted by Crippen LogP contribution is 2.36. The van der Waals surface area contributed by atoms with Gasteiger partial charge in [0.15, 0.2) is 0 Å². The number of hydrogen-bond acceptors (Lipinski definition) is 4. The molecule has 1 aromatic rings. The third kappa shape index (κ3) is 5.58. The van der Waals surface area contributed by atoms with Crippen molar-refractivity contribution in [2.45, 2.75) is 70.3 Å². The number of thiophene rings is 1. The second kappa shape index (κ2) is 10.2. The van der Waals surface area contributed by atoms with E-state index in [-0.39, 0.29) is 0 Å². The van der Waals surface area contributed by atoms with Crippen molar-refractivity contribution in [3.8, 4) is 0 Å². The van der Waals surface area contributed by atoms with Crippen LogP contribution in [0.25, 0.3) is 0 Å². The van der Waals surface area contributed by atoms with E-state index in [9.17, 15) is 4.79 Å². The van der Waals surface area contributed by atoms with Crippen molar-refractivity contribution in [1.29, 1.82) is 0 Å². The Morgan fingerprint density at radius 2 is 1.86 bits per heavy atom. The van der Waals surface area contributed by atoms with Crippen molar-refractivity contribution >= 4 is 17.2 Å². The minimum absolute atomic E-state index is 0.329. The molecule has 1 unspecified atom stereocenters. The van der Waals surface area contributed by atoms with Gasteiger partial charge >= 0.3 is 0 Å². The fourth-order valence-electron chi connectivity index (χ4n) is 5.14. The summed E-state index contributed by atoms with van der Waals surface area (Å²) in [7, 11) is 0. The molecule has 0 aromatic carbocycles. The zero-order valence-electron chi connectivity index (χ0n) is 17.2. The van der Waals surface area contributed by atoms with Gasteiger partial charge in [-0.15, -0.1) is 11.3 Å². The summed E-state index contributed by atoms with van der Waals surface area (Å²) in [5.74, 6) is 1.83. The van der Waals surface area contributed by atoms with E-state index in [1.165, 1.54) is 56.4 Å². The summed E-state index contributed by atoms with van der Waals surface area (Å²) < 4.78 is 5.36. The molecule has 3 heterocycles. The van der Waals surface area contributed by atoms with E-state index in [4.69, 9.17) is 4.74 Å². The van der Waals surface area contributed by atoms with E-state index in [0.29, 0.717) is 31.5 Å². The topological polar surface area (TPSA) is 32.8 Å². The maximum absolute atomic E-state index is 12.4. The summed E-state index contributed by atoms with van der Waals surface area (Å²) in [5.41, 5.74) is 0. The van der Waals surface area contributed by atoms with Crippen molar-refractivity contribution in [2.75, 3.05) is 39.4 Å². The molecule has 0 bridgehead atoms. The molecule has 4 nitrogen and oxygen atoms in total. The van der Waals surface area contributed by atoms with Gasteiger partial charge in [0, 0.05) is 42.4 Å². The molecule has 1 aromatic heterocycles. The van der Waals surface area contributed by atoms with Crippen molar-refractivity contribution in [3.05, 3.63) is 21.9 Å². The largest absolute Gasteiger partial charge is 0.378 e. The fraction of sp³-hybridized carbons (Fsp3) is 0.783. The monoisotopic (exact) mass is 404 g/mol. The summed E-state index contributed by atoms with van der Waals surface area (Å²) in [5, 5.41) is 0. The number of morpholine rings is 1. The van der Waals surface area contributed by atoms with Gasteiger partial charge in [-0.3, -0.25) is 9.69 Å². The molecule has 4 rings (SSSR count). The molecule has 28 heavy (non-hydrogen) atoms. The molecule has 0 spiro atoms.